The van der Waals surface area contributed by atoms with Crippen LogP contribution in [0, 0.1) is 0 Å². The lowest BCUT2D eigenvalue weighted by atomic mass is 10.2. The first-order valence-corrected chi connectivity index (χ1v) is 6.87. The minimum atomic E-state index is 0.227. The zero-order valence-corrected chi connectivity index (χ0v) is 13.1. The lowest BCUT2D eigenvalue weighted by molar-refractivity contribution is 0.391. The Morgan fingerprint density at radius 1 is 1.14 bits per heavy atom. The van der Waals surface area contributed by atoms with Gasteiger partial charge in [0.25, 0.3) is 0 Å². The van der Waals surface area contributed by atoms with E-state index in [1.807, 2.05) is 18.2 Å². The first-order valence-electron chi connectivity index (χ1n) is 6.11. The molecule has 0 fully saturated rings. The van der Waals surface area contributed by atoms with E-state index in [0.29, 0.717) is 28.2 Å². The van der Waals surface area contributed by atoms with Gasteiger partial charge >= 0.3 is 0 Å². The summed E-state index contributed by atoms with van der Waals surface area (Å²) in [4.78, 5) is 4.11. The van der Waals surface area contributed by atoms with Gasteiger partial charge in [0, 0.05) is 18.2 Å². The fourth-order valence-corrected chi connectivity index (χ4v) is 2.21. The summed E-state index contributed by atoms with van der Waals surface area (Å²) in [5.41, 5.74) is 6.60. The van der Waals surface area contributed by atoms with Crippen molar-refractivity contribution in [2.75, 3.05) is 25.3 Å². The quantitative estimate of drug-likeness (QED) is 0.878. The molecule has 0 atom stereocenters. The van der Waals surface area contributed by atoms with Gasteiger partial charge in [-0.2, -0.15) is 0 Å². The minimum Gasteiger partial charge on any atom is -0.497 e. The molecule has 0 aliphatic rings. The molecule has 0 aliphatic heterocycles. The molecular formula is C14H15Cl2N3O2. The zero-order valence-electron chi connectivity index (χ0n) is 11.6. The molecule has 1 heterocycles. The Kier molecular flexibility index (Phi) is 4.98. The predicted molar refractivity (Wildman–Crippen MR) is 85.5 cm³/mol. The topological polar surface area (TPSA) is 69.4 Å². The summed E-state index contributed by atoms with van der Waals surface area (Å²) >= 11 is 11.9. The van der Waals surface area contributed by atoms with Gasteiger partial charge in [0.15, 0.2) is 0 Å². The van der Waals surface area contributed by atoms with Crippen LogP contribution in [0.2, 0.25) is 10.0 Å². The number of benzene rings is 1. The van der Waals surface area contributed by atoms with Crippen molar-refractivity contribution in [3.05, 3.63) is 39.9 Å². The van der Waals surface area contributed by atoms with Crippen molar-refractivity contribution in [2.24, 2.45) is 0 Å². The van der Waals surface area contributed by atoms with Crippen molar-refractivity contribution in [2.45, 2.75) is 6.54 Å². The lowest BCUT2D eigenvalue weighted by Gasteiger charge is -2.13. The predicted octanol–water partition coefficient (Wildman–Crippen LogP) is 3.60. The van der Waals surface area contributed by atoms with Crippen LogP contribution in [0.15, 0.2) is 24.3 Å². The summed E-state index contributed by atoms with van der Waals surface area (Å²) in [5.74, 6) is 2.13. The summed E-state index contributed by atoms with van der Waals surface area (Å²) < 4.78 is 10.5. The third-order valence-electron chi connectivity index (χ3n) is 2.90. The molecule has 2 aromatic rings. The molecule has 0 bridgehead atoms. The van der Waals surface area contributed by atoms with E-state index in [1.165, 1.54) is 0 Å². The van der Waals surface area contributed by atoms with Gasteiger partial charge < -0.3 is 20.5 Å². The van der Waals surface area contributed by atoms with Crippen LogP contribution in [-0.4, -0.2) is 19.2 Å². The Bertz CT molecular complexity index is 650. The number of nitrogens with one attached hydrogen (secondary N) is 1. The average molecular weight is 328 g/mol. The van der Waals surface area contributed by atoms with Gasteiger partial charge in [0.2, 0.25) is 0 Å². The number of hydrogen-bond donors (Lipinski definition) is 2. The van der Waals surface area contributed by atoms with E-state index in [-0.39, 0.29) is 5.82 Å². The van der Waals surface area contributed by atoms with Crippen molar-refractivity contribution in [1.82, 2.24) is 4.98 Å². The molecule has 0 aliphatic carbocycles. The lowest BCUT2D eigenvalue weighted by Crippen LogP contribution is -2.05. The van der Waals surface area contributed by atoms with Gasteiger partial charge in [-0.05, 0) is 18.2 Å². The van der Waals surface area contributed by atoms with E-state index in [0.717, 1.165) is 11.3 Å². The molecule has 0 unspecified atom stereocenters. The van der Waals surface area contributed by atoms with E-state index >= 15 is 0 Å². The summed E-state index contributed by atoms with van der Waals surface area (Å²) in [6.07, 6.45) is 0. The van der Waals surface area contributed by atoms with Crippen LogP contribution in [0.3, 0.4) is 0 Å². The minimum absolute atomic E-state index is 0.227. The summed E-state index contributed by atoms with van der Waals surface area (Å²) in [6.45, 7) is 0.473. The Labute approximate surface area is 133 Å². The van der Waals surface area contributed by atoms with Crippen LogP contribution in [0.25, 0.3) is 0 Å². The highest BCUT2D eigenvalue weighted by molar-refractivity contribution is 6.37. The summed E-state index contributed by atoms with van der Waals surface area (Å²) in [7, 11) is 3.21. The fourth-order valence-electron chi connectivity index (χ4n) is 1.78. The third-order valence-corrected chi connectivity index (χ3v) is 3.49. The summed E-state index contributed by atoms with van der Waals surface area (Å²) in [5, 5.41) is 3.84. The molecule has 0 saturated carbocycles. The largest absolute Gasteiger partial charge is 0.497 e. The highest BCUT2D eigenvalue weighted by Crippen LogP contribution is 2.29. The zero-order chi connectivity index (χ0) is 15.4. The molecule has 0 radical (unpaired) electrons. The van der Waals surface area contributed by atoms with Crippen molar-refractivity contribution in [1.29, 1.82) is 0 Å². The van der Waals surface area contributed by atoms with Crippen LogP contribution < -0.4 is 20.5 Å². The first kappa shape index (κ1) is 15.5. The number of halogens is 2. The molecule has 0 amide bonds. The molecule has 0 saturated heterocycles. The number of pyridine rings is 1. The van der Waals surface area contributed by atoms with Gasteiger partial charge in [-0.15, -0.1) is 0 Å². The summed E-state index contributed by atoms with van der Waals surface area (Å²) in [6, 6.07) is 7.12. The Balaban J connectivity index is 2.18. The second-order valence-corrected chi connectivity index (χ2v) is 5.03. The van der Waals surface area contributed by atoms with Crippen LogP contribution >= 0.6 is 23.2 Å². The van der Waals surface area contributed by atoms with Crippen molar-refractivity contribution < 1.29 is 9.47 Å². The molecule has 112 valence electrons. The highest BCUT2D eigenvalue weighted by Gasteiger charge is 2.09. The van der Waals surface area contributed by atoms with Gasteiger partial charge in [0.05, 0.1) is 24.3 Å². The van der Waals surface area contributed by atoms with Crippen molar-refractivity contribution in [3.8, 4) is 11.5 Å². The third kappa shape index (κ3) is 3.62. The maximum Gasteiger partial charge on any atom is 0.147 e. The molecular weight excluding hydrogens is 313 g/mol. The second kappa shape index (κ2) is 6.74. The molecule has 1 aromatic heterocycles. The van der Waals surface area contributed by atoms with Gasteiger partial charge in [-0.1, -0.05) is 23.2 Å². The molecule has 2 rings (SSSR count). The molecule has 21 heavy (non-hydrogen) atoms. The standard InChI is InChI=1S/C14H15Cl2N3O2/c1-20-9-4-3-8(12(5-9)21-2)7-18-14-11(16)6-10(15)13(17)19-14/h3-6H,7H2,1-2H3,(H3,17,18,19). The van der Waals surface area contributed by atoms with Crippen LogP contribution in [0.1, 0.15) is 5.56 Å². The number of nitrogens with two attached hydrogens (primary N) is 1. The Morgan fingerprint density at radius 2 is 1.90 bits per heavy atom. The Morgan fingerprint density at radius 3 is 2.57 bits per heavy atom. The van der Waals surface area contributed by atoms with Crippen LogP contribution in [-0.2, 0) is 6.54 Å². The van der Waals surface area contributed by atoms with Crippen LogP contribution in [0.4, 0.5) is 11.6 Å². The maximum atomic E-state index is 6.07. The molecule has 3 N–H and O–H groups in total. The van der Waals surface area contributed by atoms with Gasteiger partial charge in [-0.25, -0.2) is 4.98 Å². The van der Waals surface area contributed by atoms with Crippen molar-refractivity contribution >= 4 is 34.8 Å². The maximum absolute atomic E-state index is 6.07. The number of rotatable bonds is 5. The van der Waals surface area contributed by atoms with E-state index in [9.17, 15) is 0 Å². The smallest absolute Gasteiger partial charge is 0.147 e. The van der Waals surface area contributed by atoms with E-state index < -0.39 is 0 Å². The molecule has 7 heteroatoms. The highest BCUT2D eigenvalue weighted by atomic mass is 35.5. The van der Waals surface area contributed by atoms with Gasteiger partial charge in [0.1, 0.15) is 23.1 Å². The van der Waals surface area contributed by atoms with E-state index in [1.54, 1.807) is 20.3 Å². The molecule has 0 spiro atoms. The van der Waals surface area contributed by atoms with Crippen molar-refractivity contribution in [3.63, 3.8) is 0 Å². The van der Waals surface area contributed by atoms with E-state index in [2.05, 4.69) is 10.3 Å². The fraction of sp³-hybridized carbons (Fsp3) is 0.214. The molecule has 5 nitrogen and oxygen atoms in total. The number of anilines is 2. The number of methoxy groups -OCH3 is 2. The number of nitrogen functional groups attached to an aromatic ring is 1. The first-order chi connectivity index (χ1) is 10.0. The monoisotopic (exact) mass is 327 g/mol. The van der Waals surface area contributed by atoms with E-state index in [4.69, 9.17) is 38.4 Å². The number of aromatic nitrogens is 1. The van der Waals surface area contributed by atoms with Gasteiger partial charge in [-0.3, -0.25) is 0 Å². The number of hydrogen-bond acceptors (Lipinski definition) is 5. The van der Waals surface area contributed by atoms with Crippen LogP contribution in [0.5, 0.6) is 11.5 Å². The second-order valence-electron chi connectivity index (χ2n) is 4.22. The molecule has 1 aromatic carbocycles. The SMILES string of the molecule is COc1ccc(CNc2nc(N)c(Cl)cc2Cl)c(OC)c1. The average Bonchev–Trinajstić information content (AvgIpc) is 2.49. The normalized spacial score (nSPS) is 10.3. The number of ether oxygens (including phenoxy) is 2. The number of nitrogens with zero attached hydrogens (tertiary/aromatic N) is 1. The Hall–Kier alpha value is -1.85.